The Morgan fingerprint density at radius 1 is 1.10 bits per heavy atom. The molecule has 0 bridgehead atoms. The predicted molar refractivity (Wildman–Crippen MR) is 81.4 cm³/mol. The van der Waals surface area contributed by atoms with Crippen LogP contribution in [0.1, 0.15) is 36.1 Å². The molecule has 0 radical (unpaired) electrons. The van der Waals surface area contributed by atoms with Gasteiger partial charge in [0.05, 0.1) is 11.5 Å². The largest absolute Gasteiger partial charge is 0.395 e. The van der Waals surface area contributed by atoms with E-state index in [2.05, 4.69) is 4.72 Å². The van der Waals surface area contributed by atoms with Crippen LogP contribution in [0.5, 0.6) is 0 Å². The zero-order valence-corrected chi connectivity index (χ0v) is 13.9. The van der Waals surface area contributed by atoms with E-state index in [0.717, 1.165) is 22.3 Å². The molecule has 1 atom stereocenters. The van der Waals surface area contributed by atoms with Crippen LogP contribution in [0, 0.1) is 33.6 Å². The van der Waals surface area contributed by atoms with Crippen molar-refractivity contribution in [1.29, 1.82) is 0 Å². The minimum atomic E-state index is -3.63. The lowest BCUT2D eigenvalue weighted by atomic mass is 10.0. The SMILES string of the molecule is Cc1cc(C)c(C)c(S(=O)(=O)N[C@H](CO)C(C)C)c1C. The summed E-state index contributed by atoms with van der Waals surface area (Å²) in [5, 5.41) is 9.33. The number of aryl methyl sites for hydroxylation is 2. The summed E-state index contributed by atoms with van der Waals surface area (Å²) in [6.07, 6.45) is 0. The van der Waals surface area contributed by atoms with Gasteiger partial charge in [-0.25, -0.2) is 13.1 Å². The summed E-state index contributed by atoms with van der Waals surface area (Å²) in [5.41, 5.74) is 3.44. The maximum atomic E-state index is 12.6. The highest BCUT2D eigenvalue weighted by atomic mass is 32.2. The van der Waals surface area contributed by atoms with Gasteiger partial charge >= 0.3 is 0 Å². The summed E-state index contributed by atoms with van der Waals surface area (Å²) < 4.78 is 27.9. The first-order valence-corrected chi connectivity index (χ1v) is 8.30. The molecule has 0 fully saturated rings. The van der Waals surface area contributed by atoms with Gasteiger partial charge < -0.3 is 5.11 Å². The van der Waals surface area contributed by atoms with Gasteiger partial charge in [-0.2, -0.15) is 0 Å². The average molecular weight is 299 g/mol. The Hall–Kier alpha value is -0.910. The lowest BCUT2D eigenvalue weighted by Crippen LogP contribution is -2.41. The summed E-state index contributed by atoms with van der Waals surface area (Å²) in [5.74, 6) is 0.0290. The molecule has 0 saturated heterocycles. The maximum Gasteiger partial charge on any atom is 0.241 e. The normalized spacial score (nSPS) is 13.8. The smallest absolute Gasteiger partial charge is 0.241 e. The van der Waals surface area contributed by atoms with E-state index in [1.165, 1.54) is 0 Å². The zero-order chi connectivity index (χ0) is 15.7. The average Bonchev–Trinajstić information content (AvgIpc) is 2.33. The summed E-state index contributed by atoms with van der Waals surface area (Å²) >= 11 is 0. The van der Waals surface area contributed by atoms with Crippen LogP contribution in [0.4, 0.5) is 0 Å². The Balaban J connectivity index is 3.36. The molecule has 0 aliphatic rings. The van der Waals surface area contributed by atoms with E-state index in [1.54, 1.807) is 0 Å². The van der Waals surface area contributed by atoms with Crippen molar-refractivity contribution in [3.05, 3.63) is 28.3 Å². The molecular formula is C15H25NO3S. The molecule has 0 amide bonds. The van der Waals surface area contributed by atoms with Crippen molar-refractivity contribution >= 4 is 10.0 Å². The van der Waals surface area contributed by atoms with E-state index < -0.39 is 16.1 Å². The minimum Gasteiger partial charge on any atom is -0.395 e. The van der Waals surface area contributed by atoms with Crippen LogP contribution < -0.4 is 4.72 Å². The summed E-state index contributed by atoms with van der Waals surface area (Å²) in [6, 6.07) is 1.52. The fraction of sp³-hybridized carbons (Fsp3) is 0.600. The third-order valence-electron chi connectivity index (χ3n) is 3.87. The van der Waals surface area contributed by atoms with E-state index >= 15 is 0 Å². The van der Waals surface area contributed by atoms with E-state index in [-0.39, 0.29) is 12.5 Å². The molecule has 5 heteroatoms. The van der Waals surface area contributed by atoms with Crippen LogP contribution in [0.25, 0.3) is 0 Å². The van der Waals surface area contributed by atoms with Gasteiger partial charge in [-0.05, 0) is 55.9 Å². The van der Waals surface area contributed by atoms with E-state index in [4.69, 9.17) is 0 Å². The molecule has 0 aliphatic carbocycles. The fourth-order valence-corrected chi connectivity index (χ4v) is 4.22. The molecule has 1 aromatic rings. The molecule has 1 aromatic carbocycles. The van der Waals surface area contributed by atoms with Crippen molar-refractivity contribution < 1.29 is 13.5 Å². The Morgan fingerprint density at radius 3 is 1.90 bits per heavy atom. The first kappa shape index (κ1) is 17.1. The monoisotopic (exact) mass is 299 g/mol. The van der Waals surface area contributed by atoms with Crippen LogP contribution in [0.3, 0.4) is 0 Å². The Kier molecular flexibility index (Phi) is 5.35. The van der Waals surface area contributed by atoms with Gasteiger partial charge in [0.1, 0.15) is 0 Å². The third kappa shape index (κ3) is 3.40. The Labute approximate surface area is 122 Å². The molecule has 2 N–H and O–H groups in total. The highest BCUT2D eigenvalue weighted by Crippen LogP contribution is 2.26. The van der Waals surface area contributed by atoms with Gasteiger partial charge in [-0.15, -0.1) is 0 Å². The maximum absolute atomic E-state index is 12.6. The molecule has 0 aliphatic heterocycles. The highest BCUT2D eigenvalue weighted by Gasteiger charge is 2.26. The molecule has 0 unspecified atom stereocenters. The van der Waals surface area contributed by atoms with Crippen molar-refractivity contribution in [2.75, 3.05) is 6.61 Å². The number of hydrogen-bond donors (Lipinski definition) is 2. The number of benzene rings is 1. The number of sulfonamides is 1. The van der Waals surface area contributed by atoms with E-state index in [1.807, 2.05) is 47.6 Å². The number of nitrogens with one attached hydrogen (secondary N) is 1. The molecule has 0 spiro atoms. The van der Waals surface area contributed by atoms with Gasteiger partial charge in [0, 0.05) is 6.04 Å². The van der Waals surface area contributed by atoms with Crippen molar-refractivity contribution in [2.24, 2.45) is 5.92 Å². The molecule has 114 valence electrons. The zero-order valence-electron chi connectivity index (χ0n) is 13.1. The van der Waals surface area contributed by atoms with Crippen molar-refractivity contribution in [3.63, 3.8) is 0 Å². The van der Waals surface area contributed by atoms with Crippen LogP contribution in [0.2, 0.25) is 0 Å². The van der Waals surface area contributed by atoms with Gasteiger partial charge in [-0.3, -0.25) is 0 Å². The lowest BCUT2D eigenvalue weighted by Gasteiger charge is -2.22. The second-order valence-electron chi connectivity index (χ2n) is 5.74. The number of rotatable bonds is 5. The van der Waals surface area contributed by atoms with Crippen LogP contribution in [0.15, 0.2) is 11.0 Å². The van der Waals surface area contributed by atoms with Gasteiger partial charge in [-0.1, -0.05) is 19.9 Å². The fourth-order valence-electron chi connectivity index (χ4n) is 2.23. The molecule has 0 heterocycles. The molecule has 0 aromatic heterocycles. The van der Waals surface area contributed by atoms with Crippen LogP contribution >= 0.6 is 0 Å². The second-order valence-corrected chi connectivity index (χ2v) is 7.39. The summed E-state index contributed by atoms with van der Waals surface area (Å²) in [7, 11) is -3.63. The second kappa shape index (κ2) is 6.24. The molecule has 1 rings (SSSR count). The predicted octanol–water partition coefficient (Wildman–Crippen LogP) is 2.22. The third-order valence-corrected chi connectivity index (χ3v) is 5.64. The van der Waals surface area contributed by atoms with Gasteiger partial charge in [0.15, 0.2) is 0 Å². The minimum absolute atomic E-state index is 0.0290. The Bertz CT molecular complexity index is 565. The number of aliphatic hydroxyl groups is 1. The quantitative estimate of drug-likeness (QED) is 0.876. The first-order chi connectivity index (χ1) is 9.11. The lowest BCUT2D eigenvalue weighted by molar-refractivity contribution is 0.227. The van der Waals surface area contributed by atoms with E-state index in [0.29, 0.717) is 4.90 Å². The van der Waals surface area contributed by atoms with Gasteiger partial charge in [0.25, 0.3) is 0 Å². The molecule has 4 nitrogen and oxygen atoms in total. The summed E-state index contributed by atoms with van der Waals surface area (Å²) in [6.45, 7) is 11.0. The van der Waals surface area contributed by atoms with Crippen LogP contribution in [-0.2, 0) is 10.0 Å². The van der Waals surface area contributed by atoms with Crippen molar-refractivity contribution in [3.8, 4) is 0 Å². The Morgan fingerprint density at radius 2 is 1.55 bits per heavy atom. The summed E-state index contributed by atoms with van der Waals surface area (Å²) in [4.78, 5) is 0.342. The van der Waals surface area contributed by atoms with Crippen molar-refractivity contribution in [1.82, 2.24) is 4.72 Å². The van der Waals surface area contributed by atoms with E-state index in [9.17, 15) is 13.5 Å². The molecular weight excluding hydrogens is 274 g/mol. The molecule has 20 heavy (non-hydrogen) atoms. The standard InChI is InChI=1S/C15H25NO3S/c1-9(2)14(8-17)16-20(18,19)15-12(5)10(3)7-11(4)13(15)6/h7,9,14,16-17H,8H2,1-6H3/t14-/m1/s1. The number of hydrogen-bond acceptors (Lipinski definition) is 3. The molecule has 0 saturated carbocycles. The van der Waals surface area contributed by atoms with Gasteiger partial charge in [0.2, 0.25) is 10.0 Å². The number of aliphatic hydroxyl groups excluding tert-OH is 1. The highest BCUT2D eigenvalue weighted by molar-refractivity contribution is 7.89. The van der Waals surface area contributed by atoms with Crippen molar-refractivity contribution in [2.45, 2.75) is 52.5 Å². The first-order valence-electron chi connectivity index (χ1n) is 6.82. The van der Waals surface area contributed by atoms with Crippen LogP contribution in [-0.4, -0.2) is 26.2 Å². The topological polar surface area (TPSA) is 66.4 Å².